The predicted octanol–water partition coefficient (Wildman–Crippen LogP) is -0.549. The maximum absolute atomic E-state index is 10.7. The van der Waals surface area contributed by atoms with E-state index in [4.69, 9.17) is 16.2 Å². The Balaban J connectivity index is 3.69. The smallest absolute Gasteiger partial charge is 0.235 e. The Morgan fingerprint density at radius 1 is 1.53 bits per heavy atom. The van der Waals surface area contributed by atoms with Crippen molar-refractivity contribution in [2.75, 3.05) is 26.8 Å². The number of primary amides is 1. The lowest BCUT2D eigenvalue weighted by molar-refractivity contribution is -0.119. The first-order chi connectivity index (χ1) is 6.89. The summed E-state index contributed by atoms with van der Waals surface area (Å²) >= 11 is 0. The van der Waals surface area contributed by atoms with Gasteiger partial charge in [0, 0.05) is 26.8 Å². The van der Waals surface area contributed by atoms with Crippen molar-refractivity contribution < 1.29 is 9.53 Å². The fraction of sp³-hybridized carbons (Fsp3) is 0.900. The van der Waals surface area contributed by atoms with Gasteiger partial charge in [0.25, 0.3) is 0 Å². The van der Waals surface area contributed by atoms with Gasteiger partial charge in [-0.1, -0.05) is 13.8 Å². The van der Waals surface area contributed by atoms with Gasteiger partial charge in [0.1, 0.15) is 0 Å². The van der Waals surface area contributed by atoms with Crippen LogP contribution in [-0.4, -0.2) is 38.8 Å². The van der Waals surface area contributed by atoms with E-state index >= 15 is 0 Å². The molecule has 5 heteroatoms. The number of hydrogen-bond donors (Lipinski definition) is 3. The van der Waals surface area contributed by atoms with Crippen molar-refractivity contribution in [2.24, 2.45) is 16.9 Å². The molecule has 0 saturated heterocycles. The molecule has 5 nitrogen and oxygen atoms in total. The summed E-state index contributed by atoms with van der Waals surface area (Å²) < 4.78 is 5.02. The van der Waals surface area contributed by atoms with Crippen molar-refractivity contribution >= 4 is 5.91 Å². The minimum Gasteiger partial charge on any atom is -0.385 e. The molecule has 0 rings (SSSR count). The van der Waals surface area contributed by atoms with E-state index in [1.54, 1.807) is 7.11 Å². The van der Waals surface area contributed by atoms with E-state index in [1.807, 2.05) is 0 Å². The molecule has 15 heavy (non-hydrogen) atoms. The molecule has 0 aliphatic heterocycles. The highest BCUT2D eigenvalue weighted by Gasteiger charge is 2.18. The molecule has 5 N–H and O–H groups in total. The molecule has 1 amide bonds. The van der Waals surface area contributed by atoms with Crippen molar-refractivity contribution in [1.29, 1.82) is 0 Å². The summed E-state index contributed by atoms with van der Waals surface area (Å²) in [7, 11) is 1.69. The van der Waals surface area contributed by atoms with Crippen LogP contribution in [0, 0.1) is 5.41 Å². The maximum atomic E-state index is 10.7. The molecule has 0 aromatic carbocycles. The zero-order valence-electron chi connectivity index (χ0n) is 9.88. The zero-order chi connectivity index (χ0) is 11.9. The number of ether oxygens (including phenoxy) is 1. The van der Waals surface area contributed by atoms with Crippen LogP contribution in [0.3, 0.4) is 0 Å². The van der Waals surface area contributed by atoms with Crippen LogP contribution in [0.4, 0.5) is 0 Å². The SMILES string of the molecule is COCCC(C)(C)CNCC(N)C(N)=O. The topological polar surface area (TPSA) is 90.4 Å². The molecule has 90 valence electrons. The lowest BCUT2D eigenvalue weighted by Gasteiger charge is -2.25. The molecule has 0 aromatic rings. The number of nitrogens with one attached hydrogen (secondary N) is 1. The number of nitrogens with two attached hydrogens (primary N) is 2. The quantitative estimate of drug-likeness (QED) is 0.509. The second kappa shape index (κ2) is 6.76. The molecule has 1 atom stereocenters. The Bertz CT molecular complexity index is 195. The summed E-state index contributed by atoms with van der Waals surface area (Å²) in [5, 5.41) is 3.13. The van der Waals surface area contributed by atoms with E-state index in [9.17, 15) is 4.79 Å². The molecule has 0 radical (unpaired) electrons. The van der Waals surface area contributed by atoms with Gasteiger partial charge in [0.2, 0.25) is 5.91 Å². The minimum absolute atomic E-state index is 0.132. The Morgan fingerprint density at radius 3 is 2.60 bits per heavy atom. The van der Waals surface area contributed by atoms with E-state index < -0.39 is 11.9 Å². The third-order valence-electron chi connectivity index (χ3n) is 2.32. The van der Waals surface area contributed by atoms with Gasteiger partial charge in [-0.2, -0.15) is 0 Å². The highest BCUT2D eigenvalue weighted by molar-refractivity contribution is 5.79. The highest BCUT2D eigenvalue weighted by atomic mass is 16.5. The maximum Gasteiger partial charge on any atom is 0.235 e. The highest BCUT2D eigenvalue weighted by Crippen LogP contribution is 2.18. The Morgan fingerprint density at radius 2 is 2.13 bits per heavy atom. The van der Waals surface area contributed by atoms with Gasteiger partial charge in [-0.15, -0.1) is 0 Å². The Kier molecular flexibility index (Phi) is 6.47. The third-order valence-corrected chi connectivity index (χ3v) is 2.32. The van der Waals surface area contributed by atoms with Crippen molar-refractivity contribution in [3.8, 4) is 0 Å². The van der Waals surface area contributed by atoms with Gasteiger partial charge >= 0.3 is 0 Å². The number of rotatable bonds is 8. The fourth-order valence-electron chi connectivity index (χ4n) is 1.13. The monoisotopic (exact) mass is 217 g/mol. The van der Waals surface area contributed by atoms with Crippen LogP contribution < -0.4 is 16.8 Å². The standard InChI is InChI=1S/C10H23N3O2/c1-10(2,4-5-15-3)7-13-6-8(11)9(12)14/h8,13H,4-7,11H2,1-3H3,(H2,12,14). The van der Waals surface area contributed by atoms with Crippen LogP contribution in [0.5, 0.6) is 0 Å². The van der Waals surface area contributed by atoms with Crippen LogP contribution in [0.2, 0.25) is 0 Å². The zero-order valence-corrected chi connectivity index (χ0v) is 9.88. The first kappa shape index (κ1) is 14.3. The lowest BCUT2D eigenvalue weighted by atomic mass is 9.89. The molecule has 0 heterocycles. The summed E-state index contributed by atoms with van der Waals surface area (Å²) in [6.07, 6.45) is 0.961. The average Bonchev–Trinajstić information content (AvgIpc) is 2.14. The van der Waals surface area contributed by atoms with Gasteiger partial charge in [-0.25, -0.2) is 0 Å². The summed E-state index contributed by atoms with van der Waals surface area (Å²) in [5.41, 5.74) is 10.7. The van der Waals surface area contributed by atoms with Crippen molar-refractivity contribution in [3.05, 3.63) is 0 Å². The summed E-state index contributed by atoms with van der Waals surface area (Å²) in [5.74, 6) is -0.475. The van der Waals surface area contributed by atoms with E-state index in [2.05, 4.69) is 19.2 Å². The van der Waals surface area contributed by atoms with E-state index in [0.717, 1.165) is 19.6 Å². The second-order valence-corrected chi connectivity index (χ2v) is 4.55. The largest absolute Gasteiger partial charge is 0.385 e. The molecular formula is C10H23N3O2. The molecule has 0 saturated carbocycles. The molecule has 0 aliphatic rings. The van der Waals surface area contributed by atoms with Crippen molar-refractivity contribution in [1.82, 2.24) is 5.32 Å². The number of carbonyl (C=O) groups is 1. The molecular weight excluding hydrogens is 194 g/mol. The minimum atomic E-state index is -0.608. The van der Waals surface area contributed by atoms with Crippen LogP contribution in [0.15, 0.2) is 0 Å². The normalized spacial score (nSPS) is 13.9. The van der Waals surface area contributed by atoms with E-state index in [-0.39, 0.29) is 5.41 Å². The molecule has 0 aromatic heterocycles. The number of amides is 1. The summed E-state index contributed by atoms with van der Waals surface area (Å²) in [6.45, 7) is 6.21. The fourth-order valence-corrected chi connectivity index (χ4v) is 1.13. The molecule has 0 fully saturated rings. The van der Waals surface area contributed by atoms with Crippen LogP contribution in [0.1, 0.15) is 20.3 Å². The van der Waals surface area contributed by atoms with Gasteiger partial charge in [-0.05, 0) is 11.8 Å². The lowest BCUT2D eigenvalue weighted by Crippen LogP contribution is -2.46. The number of carbonyl (C=O) groups excluding carboxylic acids is 1. The first-order valence-electron chi connectivity index (χ1n) is 5.13. The molecule has 0 aliphatic carbocycles. The number of methoxy groups -OCH3 is 1. The summed E-state index contributed by atoms with van der Waals surface area (Å²) in [6, 6.07) is -0.608. The number of hydrogen-bond acceptors (Lipinski definition) is 4. The molecule has 0 bridgehead atoms. The van der Waals surface area contributed by atoms with Gasteiger partial charge in [0.15, 0.2) is 0 Å². The van der Waals surface area contributed by atoms with Crippen molar-refractivity contribution in [2.45, 2.75) is 26.3 Å². The first-order valence-corrected chi connectivity index (χ1v) is 5.13. The Labute approximate surface area is 91.5 Å². The van der Waals surface area contributed by atoms with Crippen molar-refractivity contribution in [3.63, 3.8) is 0 Å². The predicted molar refractivity (Wildman–Crippen MR) is 60.3 cm³/mol. The van der Waals surface area contributed by atoms with E-state index in [1.165, 1.54) is 0 Å². The average molecular weight is 217 g/mol. The van der Waals surface area contributed by atoms with Gasteiger partial charge in [0.05, 0.1) is 6.04 Å². The van der Waals surface area contributed by atoms with Crippen LogP contribution in [-0.2, 0) is 9.53 Å². The molecule has 0 spiro atoms. The Hall–Kier alpha value is -0.650. The van der Waals surface area contributed by atoms with Gasteiger partial charge in [-0.3, -0.25) is 4.79 Å². The third kappa shape index (κ3) is 7.30. The summed E-state index contributed by atoms with van der Waals surface area (Å²) in [4.78, 5) is 10.7. The van der Waals surface area contributed by atoms with Crippen LogP contribution >= 0.6 is 0 Å². The van der Waals surface area contributed by atoms with E-state index in [0.29, 0.717) is 6.54 Å². The second-order valence-electron chi connectivity index (χ2n) is 4.55. The van der Waals surface area contributed by atoms with Crippen LogP contribution in [0.25, 0.3) is 0 Å². The molecule has 1 unspecified atom stereocenters. The van der Waals surface area contributed by atoms with Gasteiger partial charge < -0.3 is 21.5 Å².